The summed E-state index contributed by atoms with van der Waals surface area (Å²) >= 11 is 0. The van der Waals surface area contributed by atoms with E-state index < -0.39 is 14.6 Å². The standard InChI is InChI=1S/C18H30N4O2S/c1-18(2)15-22(13-14-25(18,23)24)17(19-3)20-11-8-12-21(4)16-9-6-5-7-10-16/h5-7,9-10H,8,11-15H2,1-4H3,(H,19,20). The minimum absolute atomic E-state index is 0.178. The summed E-state index contributed by atoms with van der Waals surface area (Å²) in [4.78, 5) is 8.59. The third-order valence-corrected chi connectivity index (χ3v) is 7.24. The van der Waals surface area contributed by atoms with E-state index in [0.717, 1.165) is 25.5 Å². The molecule has 1 aliphatic rings. The molecule has 6 nitrogen and oxygen atoms in total. The van der Waals surface area contributed by atoms with Gasteiger partial charge in [0.1, 0.15) is 0 Å². The fourth-order valence-corrected chi connectivity index (χ4v) is 4.35. The Hall–Kier alpha value is -1.76. The van der Waals surface area contributed by atoms with Crippen molar-refractivity contribution < 1.29 is 8.42 Å². The van der Waals surface area contributed by atoms with Gasteiger partial charge in [-0.3, -0.25) is 4.99 Å². The molecule has 2 rings (SSSR count). The summed E-state index contributed by atoms with van der Waals surface area (Å²) in [5.74, 6) is 0.961. The number of hydrogen-bond acceptors (Lipinski definition) is 4. The number of anilines is 1. The number of nitrogens with zero attached hydrogens (tertiary/aromatic N) is 3. The highest BCUT2D eigenvalue weighted by atomic mass is 32.2. The molecule has 25 heavy (non-hydrogen) atoms. The van der Waals surface area contributed by atoms with E-state index in [1.165, 1.54) is 5.69 Å². The molecule has 0 unspecified atom stereocenters. The van der Waals surface area contributed by atoms with Crippen molar-refractivity contribution in [1.82, 2.24) is 10.2 Å². The van der Waals surface area contributed by atoms with E-state index in [4.69, 9.17) is 0 Å². The van der Waals surface area contributed by atoms with Gasteiger partial charge in [-0.05, 0) is 32.4 Å². The first-order chi connectivity index (χ1) is 11.8. The lowest BCUT2D eigenvalue weighted by Crippen LogP contribution is -2.57. The van der Waals surface area contributed by atoms with Crippen molar-refractivity contribution >= 4 is 21.5 Å². The number of hydrogen-bond donors (Lipinski definition) is 1. The number of benzene rings is 1. The molecule has 1 aliphatic heterocycles. The summed E-state index contributed by atoms with van der Waals surface area (Å²) in [6.45, 7) is 6.28. The lowest BCUT2D eigenvalue weighted by molar-refractivity contribution is 0.353. The summed E-state index contributed by atoms with van der Waals surface area (Å²) in [5.41, 5.74) is 1.20. The molecule has 140 valence electrons. The predicted octanol–water partition coefficient (Wildman–Crippen LogP) is 1.60. The van der Waals surface area contributed by atoms with Gasteiger partial charge >= 0.3 is 0 Å². The third kappa shape index (κ3) is 4.87. The van der Waals surface area contributed by atoms with Gasteiger partial charge in [0.2, 0.25) is 0 Å². The first-order valence-corrected chi connectivity index (χ1v) is 10.4. The molecule has 0 aliphatic carbocycles. The topological polar surface area (TPSA) is 65.0 Å². The zero-order valence-corrected chi connectivity index (χ0v) is 16.5. The summed E-state index contributed by atoms with van der Waals surface area (Å²) in [7, 11) is 0.796. The molecular weight excluding hydrogens is 336 g/mol. The van der Waals surface area contributed by atoms with Gasteiger partial charge in [0.05, 0.1) is 10.5 Å². The molecule has 0 radical (unpaired) electrons. The number of para-hydroxylation sites is 1. The fourth-order valence-electron chi connectivity index (χ4n) is 2.98. The van der Waals surface area contributed by atoms with Crippen LogP contribution in [0.15, 0.2) is 35.3 Å². The minimum atomic E-state index is -3.03. The maximum atomic E-state index is 12.1. The Morgan fingerprint density at radius 1 is 1.32 bits per heavy atom. The van der Waals surface area contributed by atoms with Crippen molar-refractivity contribution in [2.45, 2.75) is 25.0 Å². The van der Waals surface area contributed by atoms with Gasteiger partial charge in [-0.2, -0.15) is 0 Å². The van der Waals surface area contributed by atoms with Gasteiger partial charge in [-0.15, -0.1) is 0 Å². The van der Waals surface area contributed by atoms with Crippen molar-refractivity contribution in [3.63, 3.8) is 0 Å². The molecule has 7 heteroatoms. The zero-order valence-electron chi connectivity index (χ0n) is 15.7. The lowest BCUT2D eigenvalue weighted by atomic mass is 10.2. The average molecular weight is 367 g/mol. The Labute approximate surface area is 151 Å². The van der Waals surface area contributed by atoms with E-state index in [1.54, 1.807) is 20.9 Å². The molecule has 0 atom stereocenters. The SMILES string of the molecule is CN=C(NCCCN(C)c1ccccc1)N1CCS(=O)(=O)C(C)(C)C1. The van der Waals surface area contributed by atoms with Gasteiger partial charge in [-0.25, -0.2) is 8.42 Å². The minimum Gasteiger partial charge on any atom is -0.375 e. The van der Waals surface area contributed by atoms with Gasteiger partial charge in [-0.1, -0.05) is 18.2 Å². The number of nitrogens with one attached hydrogen (secondary N) is 1. The monoisotopic (exact) mass is 366 g/mol. The van der Waals surface area contributed by atoms with Crippen molar-refractivity contribution in [1.29, 1.82) is 0 Å². The van der Waals surface area contributed by atoms with E-state index in [0.29, 0.717) is 13.1 Å². The highest BCUT2D eigenvalue weighted by Crippen LogP contribution is 2.23. The largest absolute Gasteiger partial charge is 0.375 e. The maximum Gasteiger partial charge on any atom is 0.193 e. The van der Waals surface area contributed by atoms with Crippen LogP contribution in [0.1, 0.15) is 20.3 Å². The summed E-state index contributed by atoms with van der Waals surface area (Å²) in [5, 5.41) is 3.37. The summed E-state index contributed by atoms with van der Waals surface area (Å²) in [6, 6.07) is 10.3. The lowest BCUT2D eigenvalue weighted by Gasteiger charge is -2.39. The second kappa shape index (κ2) is 8.08. The van der Waals surface area contributed by atoms with Crippen LogP contribution in [0, 0.1) is 0 Å². The van der Waals surface area contributed by atoms with Gasteiger partial charge in [0.25, 0.3) is 0 Å². The first-order valence-electron chi connectivity index (χ1n) is 8.71. The van der Waals surface area contributed by atoms with Gasteiger partial charge in [0.15, 0.2) is 15.8 Å². The molecule has 0 bridgehead atoms. The Morgan fingerprint density at radius 3 is 2.60 bits per heavy atom. The van der Waals surface area contributed by atoms with Crippen molar-refractivity contribution in [2.75, 3.05) is 50.9 Å². The molecule has 1 saturated heterocycles. The van der Waals surface area contributed by atoms with Crippen molar-refractivity contribution in [2.24, 2.45) is 4.99 Å². The van der Waals surface area contributed by atoms with Crippen LogP contribution >= 0.6 is 0 Å². The van der Waals surface area contributed by atoms with Gasteiger partial charge in [0, 0.05) is 46.0 Å². The van der Waals surface area contributed by atoms with Crippen LogP contribution < -0.4 is 10.2 Å². The molecule has 1 fully saturated rings. The van der Waals surface area contributed by atoms with E-state index in [2.05, 4.69) is 34.4 Å². The Balaban J connectivity index is 1.81. The number of aliphatic imine (C=N–C) groups is 1. The summed E-state index contributed by atoms with van der Waals surface area (Å²) in [6.07, 6.45) is 0.972. The predicted molar refractivity (Wildman–Crippen MR) is 105 cm³/mol. The Kier molecular flexibility index (Phi) is 6.32. The van der Waals surface area contributed by atoms with Crippen LogP contribution in [0.25, 0.3) is 0 Å². The van der Waals surface area contributed by atoms with Crippen LogP contribution in [-0.2, 0) is 9.84 Å². The highest BCUT2D eigenvalue weighted by Gasteiger charge is 2.40. The fraction of sp³-hybridized carbons (Fsp3) is 0.611. The van der Waals surface area contributed by atoms with Crippen LogP contribution in [-0.4, -0.2) is 70.1 Å². The first kappa shape index (κ1) is 19.6. The van der Waals surface area contributed by atoms with Crippen LogP contribution in [0.2, 0.25) is 0 Å². The number of guanidine groups is 1. The summed E-state index contributed by atoms with van der Waals surface area (Å²) < 4.78 is 23.5. The Bertz CT molecular complexity index is 686. The quantitative estimate of drug-likeness (QED) is 0.487. The van der Waals surface area contributed by atoms with E-state index in [9.17, 15) is 8.42 Å². The number of rotatable bonds is 5. The smallest absolute Gasteiger partial charge is 0.193 e. The highest BCUT2D eigenvalue weighted by molar-refractivity contribution is 7.92. The number of sulfone groups is 1. The Morgan fingerprint density at radius 2 is 2.00 bits per heavy atom. The second-order valence-corrected chi connectivity index (χ2v) is 9.83. The molecule has 0 spiro atoms. The molecule has 0 aromatic heterocycles. The van der Waals surface area contributed by atoms with Crippen LogP contribution in [0.3, 0.4) is 0 Å². The molecule has 0 amide bonds. The molecule has 0 saturated carbocycles. The maximum absolute atomic E-state index is 12.1. The van der Waals surface area contributed by atoms with E-state index in [-0.39, 0.29) is 5.75 Å². The molecular formula is C18H30N4O2S. The zero-order chi connectivity index (χ0) is 18.5. The average Bonchev–Trinajstić information content (AvgIpc) is 2.58. The van der Waals surface area contributed by atoms with E-state index in [1.807, 2.05) is 23.1 Å². The van der Waals surface area contributed by atoms with Crippen molar-refractivity contribution in [3.05, 3.63) is 30.3 Å². The molecule has 1 aromatic carbocycles. The van der Waals surface area contributed by atoms with Crippen molar-refractivity contribution in [3.8, 4) is 0 Å². The molecule has 1 N–H and O–H groups in total. The van der Waals surface area contributed by atoms with Crippen LogP contribution in [0.4, 0.5) is 5.69 Å². The van der Waals surface area contributed by atoms with Crippen LogP contribution in [0.5, 0.6) is 0 Å². The second-order valence-electron chi connectivity index (χ2n) is 7.08. The molecule has 1 heterocycles. The third-order valence-electron chi connectivity index (χ3n) is 4.71. The molecule has 1 aromatic rings. The van der Waals surface area contributed by atoms with Gasteiger partial charge < -0.3 is 15.1 Å². The van der Waals surface area contributed by atoms with E-state index >= 15 is 0 Å². The normalized spacial score (nSPS) is 19.5.